The van der Waals surface area contributed by atoms with Crippen LogP contribution in [0, 0.1) is 0 Å². The molecule has 0 heterocycles. The van der Waals surface area contributed by atoms with Gasteiger partial charge < -0.3 is 5.11 Å². The Morgan fingerprint density at radius 3 is 1.29 bits per heavy atom. The molecule has 1 N–H and O–H groups in total. The lowest BCUT2D eigenvalue weighted by molar-refractivity contribution is -0.131. The van der Waals surface area contributed by atoms with Gasteiger partial charge in [0, 0.05) is 6.08 Å². The molecule has 0 spiro atoms. The van der Waals surface area contributed by atoms with Crippen molar-refractivity contribution in [2.75, 3.05) is 0 Å². The minimum Gasteiger partial charge on any atom is -0.478 e. The number of hydrogen-bond donors (Lipinski definition) is 1. The lowest BCUT2D eigenvalue weighted by Crippen LogP contribution is -1.84. The van der Waals surface area contributed by atoms with Gasteiger partial charge in [-0.15, -0.1) is 0 Å². The van der Waals surface area contributed by atoms with E-state index < -0.39 is 5.97 Å². The molecule has 0 saturated heterocycles. The molecule has 28 heavy (non-hydrogen) atoms. The molecule has 0 aliphatic carbocycles. The molecule has 0 aliphatic rings. The fraction of sp³-hybridized carbons (Fsp3) is 0.808. The third-order valence-electron chi connectivity index (χ3n) is 5.46. The summed E-state index contributed by atoms with van der Waals surface area (Å²) in [7, 11) is 0. The number of hydrogen-bond acceptors (Lipinski definition) is 1. The molecule has 0 bridgehead atoms. The van der Waals surface area contributed by atoms with Gasteiger partial charge in [0.25, 0.3) is 0 Å². The van der Waals surface area contributed by atoms with Crippen molar-refractivity contribution in [1.82, 2.24) is 0 Å². The van der Waals surface area contributed by atoms with Crippen molar-refractivity contribution in [2.45, 2.75) is 135 Å². The molecule has 0 unspecified atom stereocenters. The first-order valence-electron chi connectivity index (χ1n) is 12.3. The zero-order chi connectivity index (χ0) is 20.5. The Balaban J connectivity index is 3.07. The first kappa shape index (κ1) is 27.0. The van der Waals surface area contributed by atoms with Gasteiger partial charge in [0.1, 0.15) is 0 Å². The van der Waals surface area contributed by atoms with E-state index in [2.05, 4.69) is 13.0 Å². The van der Waals surface area contributed by atoms with E-state index in [1.54, 1.807) is 6.08 Å². The topological polar surface area (TPSA) is 37.3 Å². The van der Waals surface area contributed by atoms with Crippen molar-refractivity contribution in [3.63, 3.8) is 0 Å². The van der Waals surface area contributed by atoms with E-state index in [-0.39, 0.29) is 0 Å². The molecular formula is C26H48O2. The fourth-order valence-electron chi connectivity index (χ4n) is 3.65. The molecule has 0 aromatic heterocycles. The maximum absolute atomic E-state index is 10.3. The van der Waals surface area contributed by atoms with E-state index in [1.807, 2.05) is 6.08 Å². The van der Waals surface area contributed by atoms with Crippen molar-refractivity contribution >= 4 is 5.97 Å². The Bertz CT molecular complexity index is 371. The maximum atomic E-state index is 10.3. The van der Waals surface area contributed by atoms with E-state index in [0.29, 0.717) is 0 Å². The molecule has 0 saturated carbocycles. The van der Waals surface area contributed by atoms with E-state index in [9.17, 15) is 4.79 Å². The molecule has 164 valence electrons. The van der Waals surface area contributed by atoms with Crippen LogP contribution in [0.15, 0.2) is 24.3 Å². The molecule has 0 atom stereocenters. The van der Waals surface area contributed by atoms with E-state index in [4.69, 9.17) is 5.11 Å². The predicted octanol–water partition coefficient (Wildman–Crippen LogP) is 9.01. The summed E-state index contributed by atoms with van der Waals surface area (Å²) in [4.78, 5) is 10.3. The second-order valence-corrected chi connectivity index (χ2v) is 8.28. The summed E-state index contributed by atoms with van der Waals surface area (Å²) in [6.07, 6.45) is 34.5. The van der Waals surface area contributed by atoms with Gasteiger partial charge in [-0.25, -0.2) is 4.79 Å². The zero-order valence-corrected chi connectivity index (χ0v) is 18.8. The molecule has 0 aromatic carbocycles. The second kappa shape index (κ2) is 24.0. The van der Waals surface area contributed by atoms with Crippen molar-refractivity contribution in [1.29, 1.82) is 0 Å². The van der Waals surface area contributed by atoms with Gasteiger partial charge >= 0.3 is 5.97 Å². The smallest absolute Gasteiger partial charge is 0.328 e. The molecular weight excluding hydrogens is 344 g/mol. The molecule has 0 radical (unpaired) electrons. The minimum absolute atomic E-state index is 0.881. The van der Waals surface area contributed by atoms with Crippen LogP contribution in [0.5, 0.6) is 0 Å². The summed E-state index contributed by atoms with van der Waals surface area (Å²) < 4.78 is 0. The largest absolute Gasteiger partial charge is 0.478 e. The summed E-state index contributed by atoms with van der Waals surface area (Å²) in [6.45, 7) is 2.29. The van der Waals surface area contributed by atoms with Crippen LogP contribution in [-0.2, 0) is 4.79 Å². The van der Waals surface area contributed by atoms with Gasteiger partial charge in [-0.1, -0.05) is 141 Å². The second-order valence-electron chi connectivity index (χ2n) is 8.28. The monoisotopic (exact) mass is 392 g/mol. The Kier molecular flexibility index (Phi) is 23.1. The fourth-order valence-corrected chi connectivity index (χ4v) is 3.65. The van der Waals surface area contributed by atoms with Gasteiger partial charge in [0.2, 0.25) is 0 Å². The summed E-state index contributed by atoms with van der Waals surface area (Å²) >= 11 is 0. The van der Waals surface area contributed by atoms with E-state index >= 15 is 0 Å². The highest BCUT2D eigenvalue weighted by molar-refractivity contribution is 5.80. The summed E-state index contributed by atoms with van der Waals surface area (Å²) in [5, 5.41) is 8.46. The van der Waals surface area contributed by atoms with Gasteiger partial charge in [0.05, 0.1) is 0 Å². The number of allylic oxidation sites excluding steroid dienone is 3. The summed E-state index contributed by atoms with van der Waals surface area (Å²) in [6, 6.07) is 0. The van der Waals surface area contributed by atoms with Crippen LogP contribution in [0.4, 0.5) is 0 Å². The summed E-state index contributed by atoms with van der Waals surface area (Å²) in [5.41, 5.74) is 0. The lowest BCUT2D eigenvalue weighted by atomic mass is 10.0. The highest BCUT2D eigenvalue weighted by Crippen LogP contribution is 2.14. The van der Waals surface area contributed by atoms with Crippen molar-refractivity contribution in [3.05, 3.63) is 24.3 Å². The van der Waals surface area contributed by atoms with Crippen molar-refractivity contribution < 1.29 is 9.90 Å². The summed E-state index contributed by atoms with van der Waals surface area (Å²) in [5.74, 6) is -0.881. The average molecular weight is 393 g/mol. The highest BCUT2D eigenvalue weighted by Gasteiger charge is 1.95. The first-order valence-corrected chi connectivity index (χ1v) is 12.3. The third kappa shape index (κ3) is 24.9. The lowest BCUT2D eigenvalue weighted by Gasteiger charge is -2.03. The predicted molar refractivity (Wildman–Crippen MR) is 124 cm³/mol. The van der Waals surface area contributed by atoms with Crippen LogP contribution in [0.2, 0.25) is 0 Å². The molecule has 0 amide bonds. The normalized spacial score (nSPS) is 11.8. The number of aliphatic carboxylic acids is 1. The zero-order valence-electron chi connectivity index (χ0n) is 18.8. The van der Waals surface area contributed by atoms with Crippen LogP contribution in [0.25, 0.3) is 0 Å². The van der Waals surface area contributed by atoms with Crippen LogP contribution >= 0.6 is 0 Å². The van der Waals surface area contributed by atoms with Gasteiger partial charge in [-0.3, -0.25) is 0 Å². The molecule has 0 fully saturated rings. The molecule has 2 nitrogen and oxygen atoms in total. The Hall–Kier alpha value is -1.05. The maximum Gasteiger partial charge on any atom is 0.328 e. The van der Waals surface area contributed by atoms with Crippen molar-refractivity contribution in [2.24, 2.45) is 0 Å². The molecule has 0 aliphatic heterocycles. The quantitative estimate of drug-likeness (QED) is 0.113. The van der Waals surface area contributed by atoms with Crippen LogP contribution in [-0.4, -0.2) is 11.1 Å². The van der Waals surface area contributed by atoms with E-state index in [1.165, 1.54) is 128 Å². The Labute approximate surface area is 175 Å². The average Bonchev–Trinajstić information content (AvgIpc) is 2.68. The molecule has 0 rings (SSSR count). The molecule has 2 heteroatoms. The minimum atomic E-state index is -0.881. The first-order chi connectivity index (χ1) is 13.8. The Morgan fingerprint density at radius 1 is 0.571 bits per heavy atom. The third-order valence-corrected chi connectivity index (χ3v) is 5.46. The number of rotatable bonds is 22. The Morgan fingerprint density at radius 2 is 0.929 bits per heavy atom. The van der Waals surface area contributed by atoms with Gasteiger partial charge in [-0.05, 0) is 12.8 Å². The number of carbonyl (C=O) groups is 1. The highest BCUT2D eigenvalue weighted by atomic mass is 16.4. The number of carboxylic acid groups (broad SMARTS) is 1. The number of unbranched alkanes of at least 4 members (excludes halogenated alkanes) is 19. The standard InChI is InChI=1S/C26H48O2/c1-2-3-4-5-6-7-8-9-10-11-12-13-14-15-16-17-18-19-20-21-22-23-24-25-26(27)28/h22-25H,2-21H2,1H3,(H,27,28)/b23-22+,25-24+. The van der Waals surface area contributed by atoms with Crippen LogP contribution in [0.1, 0.15) is 135 Å². The molecule has 0 aromatic rings. The number of carboxylic acids is 1. The van der Waals surface area contributed by atoms with Crippen LogP contribution < -0.4 is 0 Å². The van der Waals surface area contributed by atoms with E-state index in [0.717, 1.165) is 6.42 Å². The van der Waals surface area contributed by atoms with Gasteiger partial charge in [-0.2, -0.15) is 0 Å². The van der Waals surface area contributed by atoms with Crippen LogP contribution in [0.3, 0.4) is 0 Å². The van der Waals surface area contributed by atoms with Gasteiger partial charge in [0.15, 0.2) is 0 Å². The van der Waals surface area contributed by atoms with Crippen molar-refractivity contribution in [3.8, 4) is 0 Å². The SMILES string of the molecule is CCCCCCCCCCCCCCCCCCCCC/C=C/C=C/C(=O)O.